The zero-order valence-electron chi connectivity index (χ0n) is 13.7. The minimum atomic E-state index is 0.0372. The summed E-state index contributed by atoms with van der Waals surface area (Å²) in [6, 6.07) is 16.2. The summed E-state index contributed by atoms with van der Waals surface area (Å²) >= 11 is 0. The van der Waals surface area contributed by atoms with Crippen molar-refractivity contribution in [1.82, 2.24) is 4.90 Å². The molecule has 0 saturated carbocycles. The Labute approximate surface area is 128 Å². The van der Waals surface area contributed by atoms with Gasteiger partial charge in [0.2, 0.25) is 0 Å². The van der Waals surface area contributed by atoms with E-state index in [1.165, 1.54) is 5.56 Å². The fourth-order valence-electron chi connectivity index (χ4n) is 2.08. The molecule has 0 aliphatic heterocycles. The van der Waals surface area contributed by atoms with Crippen molar-refractivity contribution in [3.63, 3.8) is 0 Å². The van der Waals surface area contributed by atoms with Crippen LogP contribution in [0.4, 0.5) is 0 Å². The number of aryl methyl sites for hydroxylation is 1. The Balaban J connectivity index is 0.00000106. The maximum absolute atomic E-state index is 12.2. The van der Waals surface area contributed by atoms with Gasteiger partial charge in [-0.2, -0.15) is 0 Å². The van der Waals surface area contributed by atoms with Gasteiger partial charge in [0, 0.05) is 19.7 Å². The molecule has 2 aromatic carbocycles. The molecule has 0 spiro atoms. The first-order chi connectivity index (χ1) is 10.1. The van der Waals surface area contributed by atoms with Crippen molar-refractivity contribution in [2.75, 3.05) is 14.1 Å². The molecule has 0 aliphatic rings. The standard InChI is InChI=1S/C17H19NO.C2H6/c1-4-13-9-11-14(12-10-13)15-7-5-6-8-16(15)17(19)18(2)3;1-2/h5-12H,4H2,1-3H3;1-2H3. The summed E-state index contributed by atoms with van der Waals surface area (Å²) in [6.45, 7) is 6.14. The van der Waals surface area contributed by atoms with Gasteiger partial charge in [0.15, 0.2) is 0 Å². The van der Waals surface area contributed by atoms with Gasteiger partial charge in [0.1, 0.15) is 0 Å². The number of rotatable bonds is 3. The van der Waals surface area contributed by atoms with Crippen molar-refractivity contribution in [2.24, 2.45) is 0 Å². The summed E-state index contributed by atoms with van der Waals surface area (Å²) in [4.78, 5) is 13.8. The fourth-order valence-corrected chi connectivity index (χ4v) is 2.08. The van der Waals surface area contributed by atoms with Gasteiger partial charge in [-0.15, -0.1) is 0 Å². The topological polar surface area (TPSA) is 20.3 Å². The highest BCUT2D eigenvalue weighted by Crippen LogP contribution is 2.24. The van der Waals surface area contributed by atoms with Crippen LogP contribution in [0.5, 0.6) is 0 Å². The molecule has 0 aromatic heterocycles. The molecule has 0 radical (unpaired) electrons. The van der Waals surface area contributed by atoms with E-state index in [2.05, 4.69) is 31.2 Å². The molecule has 2 nitrogen and oxygen atoms in total. The summed E-state index contributed by atoms with van der Waals surface area (Å²) in [5.74, 6) is 0.0372. The molecule has 2 rings (SSSR count). The highest BCUT2D eigenvalue weighted by Gasteiger charge is 2.13. The van der Waals surface area contributed by atoms with Crippen LogP contribution in [0.2, 0.25) is 0 Å². The van der Waals surface area contributed by atoms with Crippen LogP contribution < -0.4 is 0 Å². The van der Waals surface area contributed by atoms with E-state index in [-0.39, 0.29) is 5.91 Å². The second-order valence-electron chi connectivity index (χ2n) is 4.80. The molecule has 0 atom stereocenters. The first-order valence-electron chi connectivity index (χ1n) is 7.53. The number of nitrogens with zero attached hydrogens (tertiary/aromatic N) is 1. The van der Waals surface area contributed by atoms with Crippen molar-refractivity contribution >= 4 is 5.91 Å². The lowest BCUT2D eigenvalue weighted by atomic mass is 9.97. The van der Waals surface area contributed by atoms with Crippen molar-refractivity contribution in [3.8, 4) is 11.1 Å². The molecule has 0 bridgehead atoms. The highest BCUT2D eigenvalue weighted by molar-refractivity contribution is 6.00. The Kier molecular flexibility index (Phi) is 6.67. The van der Waals surface area contributed by atoms with E-state index in [0.717, 1.165) is 23.1 Å². The zero-order valence-corrected chi connectivity index (χ0v) is 13.7. The predicted molar refractivity (Wildman–Crippen MR) is 90.6 cm³/mol. The number of carbonyl (C=O) groups excluding carboxylic acids is 1. The number of carbonyl (C=O) groups is 1. The van der Waals surface area contributed by atoms with Crippen molar-refractivity contribution in [3.05, 3.63) is 59.7 Å². The Hall–Kier alpha value is -2.09. The second-order valence-corrected chi connectivity index (χ2v) is 4.80. The van der Waals surface area contributed by atoms with E-state index in [9.17, 15) is 4.79 Å². The van der Waals surface area contributed by atoms with Gasteiger partial charge in [-0.1, -0.05) is 63.2 Å². The van der Waals surface area contributed by atoms with Crippen LogP contribution in [0.1, 0.15) is 36.7 Å². The van der Waals surface area contributed by atoms with Crippen LogP contribution in [0.3, 0.4) is 0 Å². The third kappa shape index (κ3) is 4.19. The predicted octanol–water partition coefficient (Wildman–Crippen LogP) is 4.64. The average molecular weight is 283 g/mol. The Morgan fingerprint density at radius 2 is 1.52 bits per heavy atom. The molecule has 1 amide bonds. The molecule has 0 heterocycles. The number of hydrogen-bond acceptors (Lipinski definition) is 1. The summed E-state index contributed by atoms with van der Waals surface area (Å²) in [6.07, 6.45) is 1.03. The minimum absolute atomic E-state index is 0.0372. The van der Waals surface area contributed by atoms with Gasteiger partial charge < -0.3 is 4.90 Å². The van der Waals surface area contributed by atoms with Gasteiger partial charge in [-0.05, 0) is 29.2 Å². The van der Waals surface area contributed by atoms with E-state index >= 15 is 0 Å². The molecule has 2 heteroatoms. The smallest absolute Gasteiger partial charge is 0.253 e. The lowest BCUT2D eigenvalue weighted by molar-refractivity contribution is 0.0828. The summed E-state index contributed by atoms with van der Waals surface area (Å²) in [5, 5.41) is 0. The Morgan fingerprint density at radius 3 is 2.05 bits per heavy atom. The van der Waals surface area contributed by atoms with Crippen LogP contribution in [0, 0.1) is 0 Å². The number of hydrogen-bond donors (Lipinski definition) is 0. The van der Waals surface area contributed by atoms with E-state index in [1.54, 1.807) is 19.0 Å². The molecule has 0 N–H and O–H groups in total. The fraction of sp³-hybridized carbons (Fsp3) is 0.316. The van der Waals surface area contributed by atoms with E-state index in [4.69, 9.17) is 0 Å². The monoisotopic (exact) mass is 283 g/mol. The van der Waals surface area contributed by atoms with Gasteiger partial charge in [-0.25, -0.2) is 0 Å². The first kappa shape index (κ1) is 17.0. The van der Waals surface area contributed by atoms with Gasteiger partial charge in [0.05, 0.1) is 0 Å². The summed E-state index contributed by atoms with van der Waals surface area (Å²) < 4.78 is 0. The lowest BCUT2D eigenvalue weighted by Gasteiger charge is -2.14. The van der Waals surface area contributed by atoms with Crippen LogP contribution >= 0.6 is 0 Å². The quantitative estimate of drug-likeness (QED) is 0.803. The maximum Gasteiger partial charge on any atom is 0.253 e. The van der Waals surface area contributed by atoms with Crippen molar-refractivity contribution in [1.29, 1.82) is 0 Å². The lowest BCUT2D eigenvalue weighted by Crippen LogP contribution is -2.22. The van der Waals surface area contributed by atoms with Crippen LogP contribution in [0.15, 0.2) is 48.5 Å². The van der Waals surface area contributed by atoms with Crippen molar-refractivity contribution in [2.45, 2.75) is 27.2 Å². The van der Waals surface area contributed by atoms with Gasteiger partial charge >= 0.3 is 0 Å². The zero-order chi connectivity index (χ0) is 15.8. The third-order valence-electron chi connectivity index (χ3n) is 3.24. The van der Waals surface area contributed by atoms with Crippen molar-refractivity contribution < 1.29 is 4.79 Å². The molecule has 0 saturated heterocycles. The average Bonchev–Trinajstić information content (AvgIpc) is 2.56. The molecular formula is C19H25NO. The van der Waals surface area contributed by atoms with E-state index < -0.39 is 0 Å². The SMILES string of the molecule is CC.CCc1ccc(-c2ccccc2C(=O)N(C)C)cc1. The van der Waals surface area contributed by atoms with Gasteiger partial charge in [-0.3, -0.25) is 4.79 Å². The third-order valence-corrected chi connectivity index (χ3v) is 3.24. The number of amides is 1. The van der Waals surface area contributed by atoms with Crippen LogP contribution in [0.25, 0.3) is 11.1 Å². The minimum Gasteiger partial charge on any atom is -0.345 e. The largest absolute Gasteiger partial charge is 0.345 e. The van der Waals surface area contributed by atoms with Gasteiger partial charge in [0.25, 0.3) is 5.91 Å². The highest BCUT2D eigenvalue weighted by atomic mass is 16.2. The molecule has 0 aliphatic carbocycles. The van der Waals surface area contributed by atoms with Crippen LogP contribution in [-0.2, 0) is 6.42 Å². The maximum atomic E-state index is 12.2. The Bertz CT molecular complexity index is 570. The summed E-state index contributed by atoms with van der Waals surface area (Å²) in [5.41, 5.74) is 4.13. The Morgan fingerprint density at radius 1 is 0.952 bits per heavy atom. The summed E-state index contributed by atoms with van der Waals surface area (Å²) in [7, 11) is 3.55. The van der Waals surface area contributed by atoms with Crippen LogP contribution in [-0.4, -0.2) is 24.9 Å². The molecule has 2 aromatic rings. The second kappa shape index (κ2) is 8.25. The molecule has 21 heavy (non-hydrogen) atoms. The first-order valence-corrected chi connectivity index (χ1v) is 7.53. The molecule has 112 valence electrons. The normalized spacial score (nSPS) is 9.57. The molecule has 0 unspecified atom stereocenters. The van der Waals surface area contributed by atoms with E-state index in [1.807, 2.05) is 38.1 Å². The van der Waals surface area contributed by atoms with E-state index in [0.29, 0.717) is 0 Å². The molecule has 0 fully saturated rings. The molecular weight excluding hydrogens is 258 g/mol. The number of benzene rings is 2.